The zero-order chi connectivity index (χ0) is 18.2. The van der Waals surface area contributed by atoms with Gasteiger partial charge >= 0.3 is 0 Å². The summed E-state index contributed by atoms with van der Waals surface area (Å²) in [6.07, 6.45) is 6.03. The Kier molecular flexibility index (Phi) is 3.92. The highest BCUT2D eigenvalue weighted by Gasteiger charge is 2.61. The number of nitrogens with two attached hydrogens (primary N) is 1. The molecule has 0 radical (unpaired) electrons. The van der Waals surface area contributed by atoms with Crippen LogP contribution in [0.3, 0.4) is 0 Å². The smallest absolute Gasteiger partial charge is 0.254 e. The SMILES string of the molecule is CC(=O)c1c(C)c2c(c(Cl)c1I)OC(C)(C13CCC(N)(CC1)CC3)O2. The molecule has 1 heterocycles. The van der Waals surface area contributed by atoms with E-state index in [9.17, 15) is 4.79 Å². The van der Waals surface area contributed by atoms with Gasteiger partial charge in [0.05, 0.1) is 0 Å². The third-order valence-corrected chi connectivity index (χ3v) is 8.50. The molecular weight excluding hydrogens is 453 g/mol. The van der Waals surface area contributed by atoms with Crippen LogP contribution in [-0.2, 0) is 0 Å². The minimum atomic E-state index is -0.760. The van der Waals surface area contributed by atoms with Crippen molar-refractivity contribution in [3.05, 3.63) is 19.7 Å². The molecule has 1 aromatic rings. The molecule has 2 N–H and O–H groups in total. The number of benzene rings is 1. The second-order valence-corrected chi connectivity index (χ2v) is 9.59. The fourth-order valence-corrected chi connectivity index (χ4v) is 6.16. The first-order chi connectivity index (χ1) is 11.6. The highest BCUT2D eigenvalue weighted by Crippen LogP contribution is 2.62. The van der Waals surface area contributed by atoms with Crippen molar-refractivity contribution in [2.75, 3.05) is 0 Å². The highest BCUT2D eigenvalue weighted by atomic mass is 127. The van der Waals surface area contributed by atoms with Gasteiger partial charge in [0.15, 0.2) is 17.3 Å². The summed E-state index contributed by atoms with van der Waals surface area (Å²) in [5, 5.41) is 0.478. The first-order valence-corrected chi connectivity index (χ1v) is 10.3. The molecule has 0 amide bonds. The van der Waals surface area contributed by atoms with Crippen molar-refractivity contribution in [1.82, 2.24) is 0 Å². The molecule has 1 aliphatic heterocycles. The van der Waals surface area contributed by atoms with Crippen molar-refractivity contribution in [3.8, 4) is 11.5 Å². The zero-order valence-electron chi connectivity index (χ0n) is 14.8. The fraction of sp³-hybridized carbons (Fsp3) is 0.632. The summed E-state index contributed by atoms with van der Waals surface area (Å²) in [6, 6.07) is 0. The number of ether oxygens (including phenoxy) is 2. The Labute approximate surface area is 166 Å². The van der Waals surface area contributed by atoms with Crippen LogP contribution in [0.5, 0.6) is 11.5 Å². The second-order valence-electron chi connectivity index (χ2n) is 8.13. The lowest BCUT2D eigenvalue weighted by Crippen LogP contribution is -2.62. The average molecular weight is 476 g/mol. The van der Waals surface area contributed by atoms with Crippen LogP contribution < -0.4 is 15.2 Å². The molecular formula is C19H23ClINO3. The number of ketones is 1. The summed E-state index contributed by atoms with van der Waals surface area (Å²) in [4.78, 5) is 12.1. The Hall–Kier alpha value is -0.530. The van der Waals surface area contributed by atoms with Gasteiger partial charge in [-0.25, -0.2) is 0 Å². The summed E-state index contributed by atoms with van der Waals surface area (Å²) < 4.78 is 13.6. The maximum atomic E-state index is 12.1. The number of halogens is 2. The van der Waals surface area contributed by atoms with Gasteiger partial charge in [0.25, 0.3) is 5.79 Å². The normalized spacial score (nSPS) is 35.9. The lowest BCUT2D eigenvalue weighted by atomic mass is 9.54. The molecule has 2 bridgehead atoms. The largest absolute Gasteiger partial charge is 0.448 e. The van der Waals surface area contributed by atoms with Gasteiger partial charge in [-0.2, -0.15) is 0 Å². The van der Waals surface area contributed by atoms with Gasteiger partial charge in [0.2, 0.25) is 0 Å². The first-order valence-electron chi connectivity index (χ1n) is 8.81. The van der Waals surface area contributed by atoms with Crippen molar-refractivity contribution in [2.24, 2.45) is 11.1 Å². The summed E-state index contributed by atoms with van der Waals surface area (Å²) in [6.45, 7) is 5.50. The molecule has 3 saturated carbocycles. The van der Waals surface area contributed by atoms with E-state index in [1.54, 1.807) is 6.92 Å². The highest BCUT2D eigenvalue weighted by molar-refractivity contribution is 14.1. The number of carbonyl (C=O) groups is 1. The van der Waals surface area contributed by atoms with Crippen LogP contribution in [0.2, 0.25) is 5.02 Å². The van der Waals surface area contributed by atoms with E-state index in [-0.39, 0.29) is 16.7 Å². The van der Waals surface area contributed by atoms with Crippen LogP contribution in [0.1, 0.15) is 68.3 Å². The number of fused-ring (bicyclic) bond motifs is 4. The minimum absolute atomic E-state index is 0.00565. The van der Waals surface area contributed by atoms with Gasteiger partial charge in [-0.15, -0.1) is 0 Å². The van der Waals surface area contributed by atoms with Crippen molar-refractivity contribution in [1.29, 1.82) is 0 Å². The summed E-state index contributed by atoms with van der Waals surface area (Å²) in [5.41, 5.74) is 7.85. The van der Waals surface area contributed by atoms with E-state index in [2.05, 4.69) is 22.6 Å². The number of rotatable bonds is 2. The van der Waals surface area contributed by atoms with Crippen molar-refractivity contribution in [2.45, 2.75) is 70.6 Å². The van der Waals surface area contributed by atoms with Crippen LogP contribution >= 0.6 is 34.2 Å². The lowest BCUT2D eigenvalue weighted by Gasteiger charge is -2.56. The molecule has 0 saturated heterocycles. The van der Waals surface area contributed by atoms with Gasteiger partial charge in [0.1, 0.15) is 5.02 Å². The van der Waals surface area contributed by atoms with E-state index in [0.29, 0.717) is 22.1 Å². The third-order valence-electron chi connectivity index (χ3n) is 6.75. The Bertz CT molecular complexity index is 769. The van der Waals surface area contributed by atoms with Gasteiger partial charge < -0.3 is 15.2 Å². The van der Waals surface area contributed by atoms with E-state index in [1.807, 2.05) is 13.8 Å². The van der Waals surface area contributed by atoms with Gasteiger partial charge in [0, 0.05) is 32.6 Å². The van der Waals surface area contributed by atoms with Crippen molar-refractivity contribution in [3.63, 3.8) is 0 Å². The van der Waals surface area contributed by atoms with E-state index < -0.39 is 5.79 Å². The Morgan fingerprint density at radius 2 is 1.64 bits per heavy atom. The predicted octanol–water partition coefficient (Wildman–Crippen LogP) is 4.99. The van der Waals surface area contributed by atoms with E-state index >= 15 is 0 Å². The Morgan fingerprint density at radius 1 is 1.12 bits per heavy atom. The maximum Gasteiger partial charge on any atom is 0.254 e. The zero-order valence-corrected chi connectivity index (χ0v) is 17.7. The second kappa shape index (κ2) is 5.49. The lowest BCUT2D eigenvalue weighted by molar-refractivity contribution is -0.201. The topological polar surface area (TPSA) is 61.5 Å². The van der Waals surface area contributed by atoms with E-state index in [0.717, 1.165) is 47.7 Å². The molecule has 25 heavy (non-hydrogen) atoms. The quantitative estimate of drug-likeness (QED) is 0.483. The fourth-order valence-electron chi connectivity index (χ4n) is 4.91. The molecule has 136 valence electrons. The number of Topliss-reactive ketones (excluding diaryl/α,β-unsaturated/α-hetero) is 1. The molecule has 4 aliphatic rings. The van der Waals surface area contributed by atoms with Crippen LogP contribution in [0.25, 0.3) is 0 Å². The Morgan fingerprint density at radius 3 is 2.16 bits per heavy atom. The monoisotopic (exact) mass is 475 g/mol. The molecule has 1 unspecified atom stereocenters. The molecule has 0 spiro atoms. The van der Waals surface area contributed by atoms with Crippen LogP contribution in [0.15, 0.2) is 0 Å². The van der Waals surface area contributed by atoms with E-state index in [4.69, 9.17) is 26.8 Å². The van der Waals surface area contributed by atoms with Crippen LogP contribution in [0, 0.1) is 15.9 Å². The minimum Gasteiger partial charge on any atom is -0.448 e. The number of carbonyl (C=O) groups excluding carboxylic acids is 1. The number of hydrogen-bond acceptors (Lipinski definition) is 4. The molecule has 1 atom stereocenters. The summed E-state index contributed by atoms with van der Waals surface area (Å²) in [7, 11) is 0. The summed E-state index contributed by atoms with van der Waals surface area (Å²) >= 11 is 8.69. The molecule has 1 aromatic carbocycles. The van der Waals surface area contributed by atoms with Gasteiger partial charge in [-0.1, -0.05) is 11.6 Å². The standard InChI is InChI=1S/C19H23ClINO3/c1-10-12(11(2)23)14(21)13(20)16-15(10)24-17(3,25-16)18-4-7-19(22,8-5-18)9-6-18/h4-9,22H2,1-3H3. The van der Waals surface area contributed by atoms with Crippen molar-refractivity contribution < 1.29 is 14.3 Å². The van der Waals surface area contributed by atoms with Crippen LogP contribution in [0.4, 0.5) is 0 Å². The molecule has 5 rings (SSSR count). The maximum absolute atomic E-state index is 12.1. The number of hydrogen-bond donors (Lipinski definition) is 1. The van der Waals surface area contributed by atoms with E-state index in [1.165, 1.54) is 0 Å². The predicted molar refractivity (Wildman–Crippen MR) is 106 cm³/mol. The van der Waals surface area contributed by atoms with Gasteiger partial charge in [-0.3, -0.25) is 4.79 Å². The van der Waals surface area contributed by atoms with Crippen LogP contribution in [-0.4, -0.2) is 17.1 Å². The Balaban J connectivity index is 1.78. The third kappa shape index (κ3) is 2.38. The molecule has 3 fully saturated rings. The average Bonchev–Trinajstić information content (AvgIpc) is 2.94. The van der Waals surface area contributed by atoms with Crippen molar-refractivity contribution >= 4 is 40.0 Å². The first kappa shape index (κ1) is 17.9. The molecule has 3 aliphatic carbocycles. The summed E-state index contributed by atoms with van der Waals surface area (Å²) in [5.74, 6) is 0.442. The molecule has 4 nitrogen and oxygen atoms in total. The molecule has 0 aromatic heterocycles. The molecule has 6 heteroatoms. The van der Waals surface area contributed by atoms with Gasteiger partial charge in [-0.05, 0) is 75.0 Å².